The molecule has 0 radical (unpaired) electrons. The summed E-state index contributed by atoms with van der Waals surface area (Å²) in [5.41, 5.74) is 0.961. The molecule has 0 saturated heterocycles. The second-order valence-electron chi connectivity index (χ2n) is 7.98. The lowest BCUT2D eigenvalue weighted by molar-refractivity contribution is -0.135. The van der Waals surface area contributed by atoms with Crippen molar-refractivity contribution in [3.8, 4) is 0 Å². The van der Waals surface area contributed by atoms with Gasteiger partial charge in [-0.25, -0.2) is 0 Å². The molecule has 4 aliphatic rings. The van der Waals surface area contributed by atoms with Crippen LogP contribution in [0.4, 0.5) is 0 Å². The number of Topliss-reactive ketones (excluding diaryl/α,β-unsaturated/α-hetero) is 1. The lowest BCUT2D eigenvalue weighted by Gasteiger charge is -2.53. The Hall–Kier alpha value is -1.12. The van der Waals surface area contributed by atoms with E-state index in [9.17, 15) is 4.79 Å². The maximum Gasteiger partial charge on any atom is 0.142 e. The van der Waals surface area contributed by atoms with Gasteiger partial charge in [0.25, 0.3) is 0 Å². The van der Waals surface area contributed by atoms with Gasteiger partial charge in [0, 0.05) is 18.2 Å². The molecule has 0 aliphatic heterocycles. The van der Waals surface area contributed by atoms with Crippen LogP contribution in [0.2, 0.25) is 0 Å². The van der Waals surface area contributed by atoms with Crippen molar-refractivity contribution in [3.05, 3.63) is 18.0 Å². The first-order chi connectivity index (χ1) is 10.1. The average molecular weight is 286 g/mol. The molecule has 0 N–H and O–H groups in total. The van der Waals surface area contributed by atoms with E-state index >= 15 is 0 Å². The zero-order valence-electron chi connectivity index (χ0n) is 13.2. The maximum atomic E-state index is 12.8. The molecule has 4 bridgehead atoms. The number of nitrogens with zero attached hydrogens (tertiary/aromatic N) is 2. The van der Waals surface area contributed by atoms with Crippen molar-refractivity contribution >= 4 is 5.78 Å². The molecule has 3 heteroatoms. The van der Waals surface area contributed by atoms with Crippen molar-refractivity contribution in [2.75, 3.05) is 0 Å². The third-order valence-electron chi connectivity index (χ3n) is 6.15. The van der Waals surface area contributed by atoms with Gasteiger partial charge in [-0.1, -0.05) is 0 Å². The van der Waals surface area contributed by atoms with Crippen LogP contribution in [-0.2, 0) is 11.2 Å². The SMILES string of the molecule is CC(C)n1ccc(CC(=O)C2C3CC4CC(C3)CC2C4)n1. The molecule has 0 atom stereocenters. The molecule has 0 aromatic carbocycles. The smallest absolute Gasteiger partial charge is 0.142 e. The van der Waals surface area contributed by atoms with Gasteiger partial charge in [0.1, 0.15) is 5.78 Å². The van der Waals surface area contributed by atoms with Gasteiger partial charge in [0.15, 0.2) is 0 Å². The topological polar surface area (TPSA) is 34.9 Å². The van der Waals surface area contributed by atoms with Crippen molar-refractivity contribution in [1.82, 2.24) is 9.78 Å². The summed E-state index contributed by atoms with van der Waals surface area (Å²) >= 11 is 0. The Labute approximate surface area is 127 Å². The lowest BCUT2D eigenvalue weighted by atomic mass is 9.51. The van der Waals surface area contributed by atoms with Crippen LogP contribution < -0.4 is 0 Å². The minimum Gasteiger partial charge on any atom is -0.299 e. The molecule has 21 heavy (non-hydrogen) atoms. The highest BCUT2D eigenvalue weighted by molar-refractivity contribution is 5.83. The molecule has 4 aliphatic carbocycles. The Bertz CT molecular complexity index is 517. The quantitative estimate of drug-likeness (QED) is 0.847. The molecule has 0 amide bonds. The van der Waals surface area contributed by atoms with Crippen molar-refractivity contribution in [2.24, 2.45) is 29.6 Å². The Kier molecular flexibility index (Phi) is 3.20. The first-order valence-corrected chi connectivity index (χ1v) is 8.67. The summed E-state index contributed by atoms with van der Waals surface area (Å²) in [4.78, 5) is 12.8. The fourth-order valence-corrected chi connectivity index (χ4v) is 5.51. The second-order valence-corrected chi connectivity index (χ2v) is 7.98. The van der Waals surface area contributed by atoms with Gasteiger partial charge < -0.3 is 0 Å². The molecular weight excluding hydrogens is 260 g/mol. The summed E-state index contributed by atoms with van der Waals surface area (Å²) in [5, 5.41) is 4.56. The van der Waals surface area contributed by atoms with Gasteiger partial charge in [0.05, 0.1) is 12.1 Å². The van der Waals surface area contributed by atoms with E-state index in [0.717, 1.165) is 17.5 Å². The van der Waals surface area contributed by atoms with E-state index < -0.39 is 0 Å². The molecule has 5 rings (SSSR count). The lowest BCUT2D eigenvalue weighted by Crippen LogP contribution is -2.48. The van der Waals surface area contributed by atoms with Gasteiger partial charge >= 0.3 is 0 Å². The third kappa shape index (κ3) is 2.35. The summed E-state index contributed by atoms with van der Waals surface area (Å²) < 4.78 is 1.96. The first kappa shape index (κ1) is 13.5. The number of aromatic nitrogens is 2. The van der Waals surface area contributed by atoms with Crippen molar-refractivity contribution in [1.29, 1.82) is 0 Å². The number of hydrogen-bond donors (Lipinski definition) is 0. The van der Waals surface area contributed by atoms with Gasteiger partial charge in [-0.15, -0.1) is 0 Å². The predicted octanol–water partition coefficient (Wildman–Crippen LogP) is 3.65. The Balaban J connectivity index is 1.47. The van der Waals surface area contributed by atoms with Crippen LogP contribution in [0.3, 0.4) is 0 Å². The van der Waals surface area contributed by atoms with E-state index in [1.165, 1.54) is 32.1 Å². The molecule has 4 saturated carbocycles. The van der Waals surface area contributed by atoms with E-state index in [2.05, 4.69) is 18.9 Å². The van der Waals surface area contributed by atoms with Crippen LogP contribution in [0.5, 0.6) is 0 Å². The number of carbonyl (C=O) groups is 1. The summed E-state index contributed by atoms with van der Waals surface area (Å²) in [5.74, 6) is 4.09. The highest BCUT2D eigenvalue weighted by Gasteiger charge is 2.50. The van der Waals surface area contributed by atoms with E-state index in [1.807, 2.05) is 16.9 Å². The van der Waals surface area contributed by atoms with Gasteiger partial charge in [-0.05, 0) is 75.7 Å². The predicted molar refractivity (Wildman–Crippen MR) is 81.9 cm³/mol. The van der Waals surface area contributed by atoms with Crippen LogP contribution in [0.15, 0.2) is 12.3 Å². The molecule has 114 valence electrons. The molecule has 1 heterocycles. The summed E-state index contributed by atoms with van der Waals surface area (Å²) in [6.45, 7) is 4.24. The number of rotatable bonds is 4. The molecule has 3 nitrogen and oxygen atoms in total. The minimum absolute atomic E-state index is 0.349. The normalized spacial score (nSPS) is 37.4. The fraction of sp³-hybridized carbons (Fsp3) is 0.778. The highest BCUT2D eigenvalue weighted by atomic mass is 16.1. The van der Waals surface area contributed by atoms with Gasteiger partial charge in [-0.3, -0.25) is 9.48 Å². The molecule has 4 fully saturated rings. The standard InChI is InChI=1S/C18H26N2O/c1-11(2)20-4-3-16(19-20)10-17(21)18-14-6-12-5-13(8-14)9-15(18)7-12/h3-4,11-15,18H,5-10H2,1-2H3. The van der Waals surface area contributed by atoms with Crippen molar-refractivity contribution < 1.29 is 4.79 Å². The molecule has 1 aromatic rings. The molecule has 0 unspecified atom stereocenters. The number of carbonyl (C=O) groups excluding carboxylic acids is 1. The van der Waals surface area contributed by atoms with Crippen molar-refractivity contribution in [2.45, 2.75) is 58.4 Å². The fourth-order valence-electron chi connectivity index (χ4n) is 5.51. The van der Waals surface area contributed by atoms with E-state index in [1.54, 1.807) is 0 Å². The summed E-state index contributed by atoms with van der Waals surface area (Å²) in [6.07, 6.45) is 9.30. The maximum absolute atomic E-state index is 12.8. The Morgan fingerprint density at radius 2 is 1.81 bits per heavy atom. The Morgan fingerprint density at radius 1 is 1.19 bits per heavy atom. The second kappa shape index (κ2) is 4.96. The van der Waals surface area contributed by atoms with E-state index in [0.29, 0.717) is 36.0 Å². The monoisotopic (exact) mass is 286 g/mol. The van der Waals surface area contributed by atoms with Crippen LogP contribution in [0.25, 0.3) is 0 Å². The zero-order chi connectivity index (χ0) is 14.6. The summed E-state index contributed by atoms with van der Waals surface area (Å²) in [6, 6.07) is 2.39. The van der Waals surface area contributed by atoms with E-state index in [-0.39, 0.29) is 0 Å². The Morgan fingerprint density at radius 3 is 2.33 bits per heavy atom. The van der Waals surface area contributed by atoms with Crippen LogP contribution in [-0.4, -0.2) is 15.6 Å². The van der Waals surface area contributed by atoms with Crippen molar-refractivity contribution in [3.63, 3.8) is 0 Å². The molecule has 0 spiro atoms. The summed E-state index contributed by atoms with van der Waals surface area (Å²) in [7, 11) is 0. The molecular formula is C18H26N2O. The van der Waals surface area contributed by atoms with Gasteiger partial charge in [0.2, 0.25) is 0 Å². The van der Waals surface area contributed by atoms with Crippen LogP contribution >= 0.6 is 0 Å². The van der Waals surface area contributed by atoms with Crippen LogP contribution in [0.1, 0.15) is 57.7 Å². The van der Waals surface area contributed by atoms with Crippen LogP contribution in [0, 0.1) is 29.6 Å². The third-order valence-corrected chi connectivity index (χ3v) is 6.15. The largest absolute Gasteiger partial charge is 0.299 e. The van der Waals surface area contributed by atoms with Gasteiger partial charge in [-0.2, -0.15) is 5.10 Å². The number of ketones is 1. The highest BCUT2D eigenvalue weighted by Crippen LogP contribution is 2.56. The zero-order valence-corrected chi connectivity index (χ0v) is 13.2. The average Bonchev–Trinajstić information content (AvgIpc) is 2.86. The number of hydrogen-bond acceptors (Lipinski definition) is 2. The first-order valence-electron chi connectivity index (χ1n) is 8.67. The molecule has 1 aromatic heterocycles. The minimum atomic E-state index is 0.349. The van der Waals surface area contributed by atoms with E-state index in [4.69, 9.17) is 0 Å².